The Balaban J connectivity index is 1.87. The van der Waals surface area contributed by atoms with Crippen LogP contribution in [0.4, 0.5) is 4.79 Å². The van der Waals surface area contributed by atoms with Crippen molar-refractivity contribution < 1.29 is 18.8 Å². The molecule has 9 nitrogen and oxygen atoms in total. The van der Waals surface area contributed by atoms with E-state index in [4.69, 9.17) is 9.16 Å². The van der Waals surface area contributed by atoms with Crippen molar-refractivity contribution in [3.8, 4) is 0 Å². The van der Waals surface area contributed by atoms with E-state index >= 15 is 0 Å². The Morgan fingerprint density at radius 2 is 1.91 bits per heavy atom. The first-order valence-corrected chi connectivity index (χ1v) is 14.8. The summed E-state index contributed by atoms with van der Waals surface area (Å²) in [5, 5.41) is 6.99. The van der Waals surface area contributed by atoms with E-state index in [-0.39, 0.29) is 23.1 Å². The maximum atomic E-state index is 13.8. The van der Waals surface area contributed by atoms with Crippen molar-refractivity contribution in [2.24, 2.45) is 0 Å². The van der Waals surface area contributed by atoms with Gasteiger partial charge in [-0.2, -0.15) is 5.10 Å². The molecule has 3 rings (SSSR count). The zero-order valence-electron chi connectivity index (χ0n) is 21.9. The molecule has 2 amide bonds. The lowest BCUT2D eigenvalue weighted by Gasteiger charge is -2.55. The molecule has 3 heterocycles. The largest absolute Gasteiger partial charge is 0.444 e. The molecular weight excluding hydrogens is 438 g/mol. The first-order valence-electron chi connectivity index (χ1n) is 11.9. The number of aromatic amines is 1. The van der Waals surface area contributed by atoms with E-state index in [0.717, 1.165) is 6.42 Å². The molecule has 4 atom stereocenters. The Hall–Kier alpha value is -1.94. The average Bonchev–Trinajstić information content (AvgIpc) is 3.27. The maximum absolute atomic E-state index is 13.8. The highest BCUT2D eigenvalue weighted by Crippen LogP contribution is 2.47. The molecule has 1 aromatic rings. The molecule has 10 heteroatoms. The highest BCUT2D eigenvalue weighted by atomic mass is 28.4. The first-order chi connectivity index (χ1) is 15.0. The molecular formula is C23H41N5O4Si. The summed E-state index contributed by atoms with van der Waals surface area (Å²) in [7, 11) is -2.09. The van der Waals surface area contributed by atoms with Crippen LogP contribution in [-0.2, 0) is 14.0 Å². The van der Waals surface area contributed by atoms with Gasteiger partial charge in [-0.25, -0.2) is 9.78 Å². The molecule has 1 spiro atoms. The molecule has 0 bridgehead atoms. The van der Waals surface area contributed by atoms with E-state index < -0.39 is 31.6 Å². The minimum absolute atomic E-state index is 0.0296. The van der Waals surface area contributed by atoms with Crippen LogP contribution in [0.5, 0.6) is 0 Å². The second-order valence-corrected chi connectivity index (χ2v) is 16.9. The number of rotatable bonds is 5. The number of amides is 2. The molecule has 2 aliphatic rings. The predicted molar refractivity (Wildman–Crippen MR) is 128 cm³/mol. The van der Waals surface area contributed by atoms with Gasteiger partial charge in [0.2, 0.25) is 0 Å². The molecule has 1 N–H and O–H groups in total. The number of hydrogen-bond acceptors (Lipinski definition) is 6. The van der Waals surface area contributed by atoms with Crippen molar-refractivity contribution in [3.05, 3.63) is 12.2 Å². The molecule has 0 radical (unpaired) electrons. The van der Waals surface area contributed by atoms with E-state index in [2.05, 4.69) is 49.0 Å². The number of nitrogens with zero attached hydrogens (tertiary/aromatic N) is 4. The Labute approximate surface area is 198 Å². The van der Waals surface area contributed by atoms with E-state index in [1.165, 1.54) is 6.33 Å². The van der Waals surface area contributed by atoms with E-state index in [9.17, 15) is 9.59 Å². The van der Waals surface area contributed by atoms with Gasteiger partial charge in [-0.15, -0.1) is 0 Å². The lowest BCUT2D eigenvalue weighted by molar-refractivity contribution is -0.170. The van der Waals surface area contributed by atoms with Gasteiger partial charge < -0.3 is 14.1 Å². The van der Waals surface area contributed by atoms with E-state index in [0.29, 0.717) is 18.8 Å². The molecule has 2 fully saturated rings. The zero-order valence-corrected chi connectivity index (χ0v) is 22.9. The van der Waals surface area contributed by atoms with Gasteiger partial charge in [-0.05, 0) is 65.6 Å². The smallest absolute Gasteiger partial charge is 0.411 e. The Morgan fingerprint density at radius 3 is 2.39 bits per heavy atom. The third kappa shape index (κ3) is 4.69. The third-order valence-corrected chi connectivity index (χ3v) is 11.9. The van der Waals surface area contributed by atoms with Crippen molar-refractivity contribution in [2.75, 3.05) is 6.54 Å². The third-order valence-electron chi connectivity index (χ3n) is 7.34. The summed E-state index contributed by atoms with van der Waals surface area (Å²) < 4.78 is 12.3. The van der Waals surface area contributed by atoms with E-state index in [1.54, 1.807) is 9.80 Å². The Bertz CT molecular complexity index is 876. The first kappa shape index (κ1) is 25.7. The summed E-state index contributed by atoms with van der Waals surface area (Å²) >= 11 is 0. The fraction of sp³-hybridized carbons (Fsp3) is 0.826. The van der Waals surface area contributed by atoms with Gasteiger partial charge in [0, 0.05) is 6.04 Å². The van der Waals surface area contributed by atoms with Crippen molar-refractivity contribution in [1.29, 1.82) is 0 Å². The number of nitrogens with one attached hydrogen (secondary N) is 1. The fourth-order valence-corrected chi connectivity index (χ4v) is 6.07. The van der Waals surface area contributed by atoms with Crippen molar-refractivity contribution >= 4 is 20.3 Å². The number of H-pyrrole nitrogens is 1. The molecule has 186 valence electrons. The fourth-order valence-electron chi connectivity index (χ4n) is 4.66. The normalized spacial score (nSPS) is 25.9. The molecule has 1 aromatic heterocycles. The zero-order chi connectivity index (χ0) is 25.0. The second-order valence-electron chi connectivity index (χ2n) is 12.1. The van der Waals surface area contributed by atoms with Crippen LogP contribution in [0, 0.1) is 0 Å². The van der Waals surface area contributed by atoms with Gasteiger partial charge in [0.15, 0.2) is 8.32 Å². The molecule has 2 saturated heterocycles. The summed E-state index contributed by atoms with van der Waals surface area (Å²) in [6, 6.07) is -0.466. The predicted octanol–water partition coefficient (Wildman–Crippen LogP) is 4.26. The standard InChI is InChI=1S/C23H41N5O4Si/c1-15-11-12-23(28(15)20(30)31-21(3,4)5)13-27(19(23)29)17(18-24-14-25-26-18)16(2)32-33(9,10)22(6,7)8/h14-17H,11-13H2,1-10H3,(H,24,25,26). The lowest BCUT2D eigenvalue weighted by Crippen LogP contribution is -2.75. The van der Waals surface area contributed by atoms with Gasteiger partial charge in [0.1, 0.15) is 29.3 Å². The minimum Gasteiger partial charge on any atom is -0.444 e. The van der Waals surface area contributed by atoms with Crippen LogP contribution in [0.1, 0.15) is 80.1 Å². The average molecular weight is 480 g/mol. The summed E-state index contributed by atoms with van der Waals surface area (Å²) in [5.74, 6) is 0.518. The van der Waals surface area contributed by atoms with Crippen molar-refractivity contribution in [2.45, 2.75) is 116 Å². The van der Waals surface area contributed by atoms with Crippen LogP contribution in [0.25, 0.3) is 0 Å². The van der Waals surface area contributed by atoms with Gasteiger partial charge in [0.25, 0.3) is 5.91 Å². The number of ether oxygens (including phenoxy) is 1. The van der Waals surface area contributed by atoms with Crippen molar-refractivity contribution in [3.63, 3.8) is 0 Å². The lowest BCUT2D eigenvalue weighted by atomic mass is 9.83. The van der Waals surface area contributed by atoms with Crippen molar-refractivity contribution in [1.82, 2.24) is 25.0 Å². The maximum Gasteiger partial charge on any atom is 0.411 e. The van der Waals surface area contributed by atoms with E-state index in [1.807, 2.05) is 34.6 Å². The Kier molecular flexibility index (Phi) is 6.51. The summed E-state index contributed by atoms with van der Waals surface area (Å²) in [4.78, 5) is 34.6. The quantitative estimate of drug-likeness (QED) is 0.500. The molecule has 2 aliphatic heterocycles. The number of β-lactam (4-membered cyclic amide) rings is 1. The second kappa shape index (κ2) is 8.37. The Morgan fingerprint density at radius 1 is 1.27 bits per heavy atom. The summed E-state index contributed by atoms with van der Waals surface area (Å²) in [5.41, 5.74) is -1.49. The van der Waals surface area contributed by atoms with Gasteiger partial charge >= 0.3 is 6.09 Å². The van der Waals surface area contributed by atoms with Crippen LogP contribution in [0.15, 0.2) is 6.33 Å². The van der Waals surface area contributed by atoms with Crippen LogP contribution < -0.4 is 0 Å². The molecule has 0 aromatic carbocycles. The highest BCUT2D eigenvalue weighted by Gasteiger charge is 2.64. The topological polar surface area (TPSA) is 101 Å². The molecule has 0 aliphatic carbocycles. The van der Waals surface area contributed by atoms with Gasteiger partial charge in [0.05, 0.1) is 12.6 Å². The van der Waals surface area contributed by atoms with Crippen LogP contribution in [0.3, 0.4) is 0 Å². The van der Waals surface area contributed by atoms with Gasteiger partial charge in [-0.1, -0.05) is 20.8 Å². The van der Waals surface area contributed by atoms with Gasteiger partial charge in [-0.3, -0.25) is 14.8 Å². The number of hydrogen-bond donors (Lipinski definition) is 1. The molecule has 4 unspecified atom stereocenters. The number of carbonyl (C=O) groups is 2. The minimum atomic E-state index is -2.09. The number of carbonyl (C=O) groups excluding carboxylic acids is 2. The summed E-state index contributed by atoms with van der Waals surface area (Å²) in [6.45, 7) is 20.9. The molecule has 33 heavy (non-hydrogen) atoms. The SMILES string of the molecule is CC(O[Si](C)(C)C(C)(C)C)C(c1ncn[nH]1)N1CC2(CCC(C)N2C(=O)OC(C)(C)C)C1=O. The monoisotopic (exact) mass is 479 g/mol. The number of aromatic nitrogens is 3. The van der Waals surface area contributed by atoms with Crippen LogP contribution in [0.2, 0.25) is 18.1 Å². The van der Waals surface area contributed by atoms with Crippen LogP contribution >= 0.6 is 0 Å². The van der Waals surface area contributed by atoms with Crippen LogP contribution in [-0.4, -0.2) is 75.1 Å². The molecule has 0 saturated carbocycles. The highest BCUT2D eigenvalue weighted by molar-refractivity contribution is 6.74. The number of likely N-dealkylation sites (tertiary alicyclic amines) is 2. The summed E-state index contributed by atoms with van der Waals surface area (Å²) in [6.07, 6.45) is 2.13.